The highest BCUT2D eigenvalue weighted by molar-refractivity contribution is 8.00. The van der Waals surface area contributed by atoms with Gasteiger partial charge >= 0.3 is 0 Å². The number of nitro benzene ring substituents is 1. The highest BCUT2D eigenvalue weighted by atomic mass is 35.5. The van der Waals surface area contributed by atoms with E-state index in [0.29, 0.717) is 16.1 Å². The standard InChI is InChI=1S/C18H15ClN4O4S/c1-10(16(24)20-15-9-11(23(26)27)7-8-13(15)19)28-18-21-14-6-4-3-5-12(14)17(25)22(18)2/h3-10H,1-2H3,(H,20,24)/t10-/m0/s1. The third-order valence-corrected chi connectivity index (χ3v) is 5.49. The van der Waals surface area contributed by atoms with Crippen LogP contribution in [0, 0.1) is 10.1 Å². The number of para-hydroxylation sites is 1. The Balaban J connectivity index is 1.83. The zero-order chi connectivity index (χ0) is 20.4. The first kappa shape index (κ1) is 19.8. The summed E-state index contributed by atoms with van der Waals surface area (Å²) in [6, 6.07) is 10.8. The van der Waals surface area contributed by atoms with Gasteiger partial charge in [0.05, 0.1) is 31.8 Å². The van der Waals surface area contributed by atoms with E-state index in [1.807, 2.05) is 0 Å². The summed E-state index contributed by atoms with van der Waals surface area (Å²) in [7, 11) is 1.59. The molecule has 3 rings (SSSR count). The van der Waals surface area contributed by atoms with Gasteiger partial charge in [0.2, 0.25) is 5.91 Å². The van der Waals surface area contributed by atoms with Crippen LogP contribution in [0.5, 0.6) is 0 Å². The number of hydrogen-bond acceptors (Lipinski definition) is 6. The summed E-state index contributed by atoms with van der Waals surface area (Å²) in [6.07, 6.45) is 0. The number of nitrogens with zero attached hydrogens (tertiary/aromatic N) is 3. The van der Waals surface area contributed by atoms with Gasteiger partial charge in [0.1, 0.15) is 0 Å². The van der Waals surface area contributed by atoms with Gasteiger partial charge < -0.3 is 5.32 Å². The Labute approximate surface area is 168 Å². The lowest BCUT2D eigenvalue weighted by Gasteiger charge is -2.14. The number of benzene rings is 2. The van der Waals surface area contributed by atoms with Crippen LogP contribution in [-0.2, 0) is 11.8 Å². The maximum atomic E-state index is 12.5. The summed E-state index contributed by atoms with van der Waals surface area (Å²) in [5, 5.41) is 13.9. The molecular weight excluding hydrogens is 404 g/mol. The number of aromatic nitrogens is 2. The smallest absolute Gasteiger partial charge is 0.271 e. The van der Waals surface area contributed by atoms with Crippen molar-refractivity contribution in [1.82, 2.24) is 9.55 Å². The van der Waals surface area contributed by atoms with Crippen LogP contribution in [0.2, 0.25) is 5.02 Å². The molecule has 1 N–H and O–H groups in total. The van der Waals surface area contributed by atoms with Crippen molar-refractivity contribution >= 4 is 51.5 Å². The molecular formula is C18H15ClN4O4S. The second kappa shape index (κ2) is 7.99. The summed E-state index contributed by atoms with van der Waals surface area (Å²) < 4.78 is 1.39. The van der Waals surface area contributed by atoms with E-state index in [0.717, 1.165) is 11.8 Å². The molecule has 2 aromatic carbocycles. The lowest BCUT2D eigenvalue weighted by Crippen LogP contribution is -2.25. The van der Waals surface area contributed by atoms with Crippen molar-refractivity contribution in [2.75, 3.05) is 5.32 Å². The number of carbonyl (C=O) groups excluding carboxylic acids is 1. The van der Waals surface area contributed by atoms with Crippen LogP contribution in [0.25, 0.3) is 10.9 Å². The minimum absolute atomic E-state index is 0.147. The maximum Gasteiger partial charge on any atom is 0.271 e. The first-order valence-electron chi connectivity index (χ1n) is 8.15. The number of thioether (sulfide) groups is 1. The Bertz CT molecular complexity index is 1150. The number of rotatable bonds is 5. The number of nitro groups is 1. The van der Waals surface area contributed by atoms with E-state index in [9.17, 15) is 19.7 Å². The van der Waals surface area contributed by atoms with Crippen molar-refractivity contribution in [3.63, 3.8) is 0 Å². The molecule has 1 amide bonds. The largest absolute Gasteiger partial charge is 0.324 e. The molecule has 144 valence electrons. The van der Waals surface area contributed by atoms with E-state index in [-0.39, 0.29) is 22.0 Å². The SMILES string of the molecule is C[C@H](Sc1nc2ccccc2c(=O)n1C)C(=O)Nc1cc([N+](=O)[O-])ccc1Cl. The highest BCUT2D eigenvalue weighted by Gasteiger charge is 2.20. The second-order valence-corrected chi connectivity index (χ2v) is 7.66. The lowest BCUT2D eigenvalue weighted by molar-refractivity contribution is -0.384. The van der Waals surface area contributed by atoms with E-state index in [1.165, 1.54) is 22.8 Å². The molecule has 8 nitrogen and oxygen atoms in total. The molecule has 10 heteroatoms. The van der Waals surface area contributed by atoms with Crippen molar-refractivity contribution < 1.29 is 9.72 Å². The van der Waals surface area contributed by atoms with Gasteiger partial charge in [0, 0.05) is 19.2 Å². The number of amides is 1. The van der Waals surface area contributed by atoms with Crippen LogP contribution >= 0.6 is 23.4 Å². The number of carbonyl (C=O) groups is 1. The van der Waals surface area contributed by atoms with E-state index in [4.69, 9.17) is 11.6 Å². The fourth-order valence-corrected chi connectivity index (χ4v) is 3.51. The van der Waals surface area contributed by atoms with Gasteiger partial charge in [0.25, 0.3) is 11.2 Å². The summed E-state index contributed by atoms with van der Waals surface area (Å²) >= 11 is 7.13. The molecule has 0 unspecified atom stereocenters. The molecule has 28 heavy (non-hydrogen) atoms. The molecule has 0 aliphatic carbocycles. The number of fused-ring (bicyclic) bond motifs is 1. The Morgan fingerprint density at radius 3 is 2.75 bits per heavy atom. The quantitative estimate of drug-likeness (QED) is 0.293. The number of halogens is 1. The third-order valence-electron chi connectivity index (χ3n) is 4.01. The number of non-ortho nitro benzene ring substituents is 1. The van der Waals surface area contributed by atoms with Crippen molar-refractivity contribution in [1.29, 1.82) is 0 Å². The normalized spacial score (nSPS) is 12.0. The fraction of sp³-hybridized carbons (Fsp3) is 0.167. The van der Waals surface area contributed by atoms with Crippen LogP contribution in [-0.4, -0.2) is 25.6 Å². The van der Waals surface area contributed by atoms with E-state index < -0.39 is 16.1 Å². The molecule has 0 saturated heterocycles. The van der Waals surface area contributed by atoms with Crippen LogP contribution < -0.4 is 10.9 Å². The molecule has 0 spiro atoms. The summed E-state index contributed by atoms with van der Waals surface area (Å²) in [5.74, 6) is -0.421. The van der Waals surface area contributed by atoms with Crippen molar-refractivity contribution in [3.8, 4) is 0 Å². The van der Waals surface area contributed by atoms with Gasteiger partial charge in [0.15, 0.2) is 5.16 Å². The first-order valence-corrected chi connectivity index (χ1v) is 9.41. The minimum Gasteiger partial charge on any atom is -0.324 e. The topological polar surface area (TPSA) is 107 Å². The Kier molecular flexibility index (Phi) is 5.66. The summed E-state index contributed by atoms with van der Waals surface area (Å²) in [6.45, 7) is 1.65. The summed E-state index contributed by atoms with van der Waals surface area (Å²) in [4.78, 5) is 39.8. The van der Waals surface area contributed by atoms with Gasteiger partial charge in [-0.05, 0) is 25.1 Å². The predicted molar refractivity (Wildman–Crippen MR) is 109 cm³/mol. The minimum atomic E-state index is -0.630. The Morgan fingerprint density at radius 2 is 2.04 bits per heavy atom. The molecule has 1 aromatic heterocycles. The molecule has 0 radical (unpaired) electrons. The number of hydrogen-bond donors (Lipinski definition) is 1. The zero-order valence-electron chi connectivity index (χ0n) is 14.9. The van der Waals surface area contributed by atoms with Gasteiger partial charge in [-0.3, -0.25) is 24.3 Å². The van der Waals surface area contributed by atoms with Crippen molar-refractivity contribution in [3.05, 3.63) is 68.0 Å². The molecule has 0 fully saturated rings. The van der Waals surface area contributed by atoms with Crippen molar-refractivity contribution in [2.45, 2.75) is 17.3 Å². The van der Waals surface area contributed by atoms with Crippen LogP contribution in [0.3, 0.4) is 0 Å². The zero-order valence-corrected chi connectivity index (χ0v) is 16.5. The molecule has 0 aliphatic rings. The Hall–Kier alpha value is -2.91. The lowest BCUT2D eigenvalue weighted by atomic mass is 10.2. The fourth-order valence-electron chi connectivity index (χ4n) is 2.47. The van der Waals surface area contributed by atoms with Gasteiger partial charge in [-0.25, -0.2) is 4.98 Å². The summed E-state index contributed by atoms with van der Waals surface area (Å²) in [5.41, 5.74) is 0.303. The molecule has 0 bridgehead atoms. The van der Waals surface area contributed by atoms with E-state index in [1.54, 1.807) is 38.2 Å². The molecule has 3 aromatic rings. The van der Waals surface area contributed by atoms with Crippen molar-refractivity contribution in [2.24, 2.45) is 7.05 Å². The average molecular weight is 419 g/mol. The molecule has 1 heterocycles. The van der Waals surface area contributed by atoms with Crippen LogP contribution in [0.15, 0.2) is 52.4 Å². The molecule has 0 saturated carbocycles. The Morgan fingerprint density at radius 1 is 1.32 bits per heavy atom. The second-order valence-electron chi connectivity index (χ2n) is 5.95. The third kappa shape index (κ3) is 4.00. The van der Waals surface area contributed by atoms with Crippen LogP contribution in [0.1, 0.15) is 6.92 Å². The van der Waals surface area contributed by atoms with Gasteiger partial charge in [-0.1, -0.05) is 35.5 Å². The van der Waals surface area contributed by atoms with Gasteiger partial charge in [-0.15, -0.1) is 0 Å². The number of anilines is 1. The monoisotopic (exact) mass is 418 g/mol. The maximum absolute atomic E-state index is 12.5. The molecule has 0 aliphatic heterocycles. The van der Waals surface area contributed by atoms with E-state index in [2.05, 4.69) is 10.3 Å². The predicted octanol–water partition coefficient (Wildman–Crippen LogP) is 3.61. The highest BCUT2D eigenvalue weighted by Crippen LogP contribution is 2.28. The first-order chi connectivity index (χ1) is 13.3. The van der Waals surface area contributed by atoms with Crippen LogP contribution in [0.4, 0.5) is 11.4 Å². The number of nitrogens with one attached hydrogen (secondary N) is 1. The van der Waals surface area contributed by atoms with Gasteiger partial charge in [-0.2, -0.15) is 0 Å². The van der Waals surface area contributed by atoms with E-state index >= 15 is 0 Å². The average Bonchev–Trinajstić information content (AvgIpc) is 2.67. The molecule has 1 atom stereocenters.